The van der Waals surface area contributed by atoms with Crippen molar-refractivity contribution < 1.29 is 4.74 Å². The first-order valence-corrected chi connectivity index (χ1v) is 12.7. The van der Waals surface area contributed by atoms with E-state index in [1.165, 1.54) is 0 Å². The van der Waals surface area contributed by atoms with Crippen molar-refractivity contribution >= 4 is 35.6 Å². The maximum atomic E-state index is 6.41. The molecule has 11 heteroatoms. The highest BCUT2D eigenvalue weighted by Gasteiger charge is 2.16. The van der Waals surface area contributed by atoms with E-state index < -0.39 is 0 Å². The number of benzene rings is 1. The quantitative estimate of drug-likeness (QED) is 0.389. The number of morpholine rings is 1. The van der Waals surface area contributed by atoms with E-state index in [1.54, 1.807) is 24.6 Å². The van der Waals surface area contributed by atoms with Gasteiger partial charge in [-0.1, -0.05) is 23.8 Å². The molecular formula is C27H36N10O. The molecule has 0 spiro atoms. The van der Waals surface area contributed by atoms with Gasteiger partial charge in [0.25, 0.3) is 5.95 Å². The molecule has 3 aromatic rings. The van der Waals surface area contributed by atoms with Gasteiger partial charge in [-0.2, -0.15) is 20.1 Å². The third kappa shape index (κ3) is 7.70. The summed E-state index contributed by atoms with van der Waals surface area (Å²) in [4.78, 5) is 22.4. The smallest absolute Gasteiger partial charge is 0.254 e. The Morgan fingerprint density at radius 3 is 2.68 bits per heavy atom. The van der Waals surface area contributed by atoms with Gasteiger partial charge in [-0.15, -0.1) is 0 Å². The van der Waals surface area contributed by atoms with Crippen LogP contribution in [0.5, 0.6) is 0 Å². The highest BCUT2D eigenvalue weighted by atomic mass is 16.5. The molecule has 0 atom stereocenters. The number of aliphatic imine (C=N–C) groups is 1. The molecule has 0 aliphatic carbocycles. The van der Waals surface area contributed by atoms with Crippen LogP contribution in [-0.2, 0) is 11.3 Å². The average molecular weight is 517 g/mol. The summed E-state index contributed by atoms with van der Waals surface area (Å²) in [6, 6.07) is 7.98. The van der Waals surface area contributed by atoms with E-state index >= 15 is 0 Å². The fourth-order valence-electron chi connectivity index (χ4n) is 3.91. The minimum atomic E-state index is 0.271. The summed E-state index contributed by atoms with van der Waals surface area (Å²) in [7, 11) is 4.12. The number of nitrogens with two attached hydrogens (primary N) is 2. The Morgan fingerprint density at radius 1 is 1.11 bits per heavy atom. The Hall–Kier alpha value is -4.09. The van der Waals surface area contributed by atoms with Crippen LogP contribution in [0.1, 0.15) is 28.9 Å². The predicted octanol–water partition coefficient (Wildman–Crippen LogP) is 2.32. The fourth-order valence-corrected chi connectivity index (χ4v) is 3.91. The lowest BCUT2D eigenvalue weighted by Gasteiger charge is -2.26. The molecule has 1 aliphatic rings. The van der Waals surface area contributed by atoms with E-state index in [2.05, 4.69) is 48.9 Å². The molecule has 1 fully saturated rings. The molecule has 4 rings (SSSR count). The van der Waals surface area contributed by atoms with Gasteiger partial charge in [0.2, 0.25) is 5.95 Å². The molecule has 2 aromatic heterocycles. The second-order valence-electron chi connectivity index (χ2n) is 9.41. The van der Waals surface area contributed by atoms with Crippen LogP contribution in [0.25, 0.3) is 17.5 Å². The molecule has 0 bridgehead atoms. The number of hydrogen-bond donors (Lipinski definition) is 2. The molecule has 0 amide bonds. The van der Waals surface area contributed by atoms with E-state index in [0.29, 0.717) is 49.5 Å². The van der Waals surface area contributed by atoms with Crippen molar-refractivity contribution in [1.82, 2.24) is 29.6 Å². The Bertz CT molecular complexity index is 1300. The number of hydrogen-bond acceptors (Lipinski definition) is 10. The lowest BCUT2D eigenvalue weighted by atomic mass is 10.1. The topological polar surface area (TPSA) is 137 Å². The zero-order valence-electron chi connectivity index (χ0n) is 22.3. The number of nitrogens with zero attached hydrogens (tertiary/aromatic N) is 8. The van der Waals surface area contributed by atoms with Crippen LogP contribution in [-0.4, -0.2) is 82.8 Å². The van der Waals surface area contributed by atoms with E-state index in [9.17, 15) is 0 Å². The van der Waals surface area contributed by atoms with Crippen LogP contribution in [0.15, 0.2) is 47.7 Å². The van der Waals surface area contributed by atoms with Crippen molar-refractivity contribution in [3.63, 3.8) is 0 Å². The monoisotopic (exact) mass is 516 g/mol. The fraction of sp³-hybridized carbons (Fsp3) is 0.370. The third-order valence-electron chi connectivity index (χ3n) is 5.96. The Labute approximate surface area is 223 Å². The highest BCUT2D eigenvalue weighted by Crippen LogP contribution is 2.18. The second kappa shape index (κ2) is 12.9. The lowest BCUT2D eigenvalue weighted by Crippen LogP contribution is -2.37. The summed E-state index contributed by atoms with van der Waals surface area (Å²) in [5.74, 6) is 1.22. The molecule has 1 saturated heterocycles. The Morgan fingerprint density at radius 2 is 1.92 bits per heavy atom. The van der Waals surface area contributed by atoms with Gasteiger partial charge in [-0.3, -0.25) is 4.68 Å². The van der Waals surface area contributed by atoms with Crippen molar-refractivity contribution in [3.05, 3.63) is 65.2 Å². The number of aromatic nitrogens is 5. The second-order valence-corrected chi connectivity index (χ2v) is 9.41. The molecule has 0 saturated carbocycles. The largest absolute Gasteiger partial charge is 0.398 e. The molecule has 1 aliphatic heterocycles. The minimum Gasteiger partial charge on any atom is -0.398 e. The molecule has 11 nitrogen and oxygen atoms in total. The highest BCUT2D eigenvalue weighted by molar-refractivity contribution is 5.84. The summed E-state index contributed by atoms with van der Waals surface area (Å²) in [5, 5.41) is 4.43. The molecule has 4 N–H and O–H groups in total. The summed E-state index contributed by atoms with van der Waals surface area (Å²) in [5.41, 5.74) is 16.6. The van der Waals surface area contributed by atoms with Crippen LogP contribution in [0, 0.1) is 6.92 Å². The minimum absolute atomic E-state index is 0.271. The molecule has 0 unspecified atom stereocenters. The Kier molecular flexibility index (Phi) is 9.17. The van der Waals surface area contributed by atoms with E-state index in [0.717, 1.165) is 36.2 Å². The van der Waals surface area contributed by atoms with Crippen LogP contribution in [0.3, 0.4) is 0 Å². The summed E-state index contributed by atoms with van der Waals surface area (Å²) < 4.78 is 7.38. The summed E-state index contributed by atoms with van der Waals surface area (Å²) in [6.45, 7) is 6.43. The van der Waals surface area contributed by atoms with E-state index in [1.807, 2.05) is 42.1 Å². The van der Waals surface area contributed by atoms with E-state index in [4.69, 9.17) is 16.2 Å². The van der Waals surface area contributed by atoms with Gasteiger partial charge >= 0.3 is 0 Å². The van der Waals surface area contributed by atoms with Crippen molar-refractivity contribution in [3.8, 4) is 0 Å². The zero-order chi connectivity index (χ0) is 26.9. The van der Waals surface area contributed by atoms with Crippen LogP contribution in [0.2, 0.25) is 0 Å². The van der Waals surface area contributed by atoms with Crippen molar-refractivity contribution in [2.45, 2.75) is 19.9 Å². The van der Waals surface area contributed by atoms with Gasteiger partial charge in [-0.05, 0) is 51.7 Å². The van der Waals surface area contributed by atoms with Gasteiger partial charge in [0.1, 0.15) is 0 Å². The zero-order valence-corrected chi connectivity index (χ0v) is 22.3. The third-order valence-corrected chi connectivity index (χ3v) is 5.96. The van der Waals surface area contributed by atoms with Crippen molar-refractivity contribution in [1.29, 1.82) is 0 Å². The molecule has 38 heavy (non-hydrogen) atoms. The molecule has 3 heterocycles. The van der Waals surface area contributed by atoms with Crippen molar-refractivity contribution in [2.75, 3.05) is 51.8 Å². The van der Waals surface area contributed by atoms with Crippen LogP contribution >= 0.6 is 0 Å². The molecular weight excluding hydrogens is 480 g/mol. The van der Waals surface area contributed by atoms with Gasteiger partial charge < -0.3 is 26.0 Å². The number of anilines is 1. The number of aryl methyl sites for hydroxylation is 2. The SMILES string of the molecule is Cc1cccc(/C(N)=C/C=N/c2nc(/C=C(\N)c3cnn(CCCN(C)C)c3)nc(N3CCOCC3)n2)c1. The Balaban J connectivity index is 1.57. The predicted molar refractivity (Wildman–Crippen MR) is 152 cm³/mol. The van der Waals surface area contributed by atoms with Gasteiger partial charge in [0.15, 0.2) is 5.82 Å². The standard InChI is InChI=1S/C27H36N10O/c1-20-6-4-7-21(16-20)23(28)8-9-30-26-32-25(33-27(34-26)36-12-14-38-15-13-36)17-24(29)22-18-31-37(19-22)11-5-10-35(2)3/h4,6-9,16-19H,5,10-15,28-29H2,1-3H3/b23-8-,24-17-,30-9+. The van der Waals surface area contributed by atoms with Crippen molar-refractivity contribution in [2.24, 2.45) is 16.5 Å². The van der Waals surface area contributed by atoms with Gasteiger partial charge in [-0.25, -0.2) is 4.99 Å². The number of ether oxygens (including phenoxy) is 1. The summed E-state index contributed by atoms with van der Waals surface area (Å²) >= 11 is 0. The first-order chi connectivity index (χ1) is 18.4. The molecule has 1 aromatic carbocycles. The van der Waals surface area contributed by atoms with Gasteiger partial charge in [0, 0.05) is 55.1 Å². The molecule has 0 radical (unpaired) electrons. The average Bonchev–Trinajstić information content (AvgIpc) is 3.38. The van der Waals surface area contributed by atoms with Crippen LogP contribution in [0.4, 0.5) is 11.9 Å². The molecule has 200 valence electrons. The number of allylic oxidation sites excluding steroid dienone is 1. The number of rotatable bonds is 10. The first kappa shape index (κ1) is 27.0. The van der Waals surface area contributed by atoms with E-state index in [-0.39, 0.29) is 5.95 Å². The maximum Gasteiger partial charge on any atom is 0.254 e. The first-order valence-electron chi connectivity index (χ1n) is 12.7. The summed E-state index contributed by atoms with van der Waals surface area (Å²) in [6.07, 6.45) is 9.75. The lowest BCUT2D eigenvalue weighted by molar-refractivity contribution is 0.122. The van der Waals surface area contributed by atoms with Crippen LogP contribution < -0.4 is 16.4 Å². The van der Waals surface area contributed by atoms with Gasteiger partial charge in [0.05, 0.1) is 19.4 Å². The normalized spacial score (nSPS) is 15.1. The maximum absolute atomic E-state index is 6.41.